The monoisotopic (exact) mass is 381 g/mol. The highest BCUT2D eigenvalue weighted by molar-refractivity contribution is 7.21. The standard InChI is InChI=1S/C20H23N5OS/c1-11-5-4-6-15(9-11)25-8-7-14(10-25)22-19(26)18-17(21)16-12(2)13(3)23-24-20(16)27-18/h4-6,9,14H,7-8,10,21H2,1-3H3,(H,22,26). The fraction of sp³-hybridized carbons (Fsp3) is 0.350. The van der Waals surface area contributed by atoms with Crippen LogP contribution in [0.25, 0.3) is 10.2 Å². The van der Waals surface area contributed by atoms with Gasteiger partial charge in [-0.1, -0.05) is 12.1 Å². The first-order valence-corrected chi connectivity index (χ1v) is 9.90. The summed E-state index contributed by atoms with van der Waals surface area (Å²) in [6.07, 6.45) is 0.919. The molecule has 1 fully saturated rings. The summed E-state index contributed by atoms with van der Waals surface area (Å²) in [6.45, 7) is 7.69. The number of aromatic nitrogens is 2. The van der Waals surface area contributed by atoms with Crippen molar-refractivity contribution in [2.75, 3.05) is 23.7 Å². The molecule has 6 nitrogen and oxygen atoms in total. The molecule has 0 aliphatic carbocycles. The van der Waals surface area contributed by atoms with E-state index >= 15 is 0 Å². The Hall–Kier alpha value is -2.67. The van der Waals surface area contributed by atoms with E-state index in [1.165, 1.54) is 22.6 Å². The lowest BCUT2D eigenvalue weighted by Gasteiger charge is -2.19. The van der Waals surface area contributed by atoms with Gasteiger partial charge in [0.15, 0.2) is 0 Å². The zero-order valence-electron chi connectivity index (χ0n) is 15.7. The van der Waals surface area contributed by atoms with Crippen LogP contribution in [0.1, 0.15) is 32.9 Å². The van der Waals surface area contributed by atoms with Crippen LogP contribution in [0.2, 0.25) is 0 Å². The average Bonchev–Trinajstić information content (AvgIpc) is 3.23. The topological polar surface area (TPSA) is 84.1 Å². The summed E-state index contributed by atoms with van der Waals surface area (Å²) in [4.78, 5) is 16.4. The predicted octanol–water partition coefficient (Wildman–Crippen LogP) is 3.21. The molecule has 0 saturated carbocycles. The molecule has 1 amide bonds. The quantitative estimate of drug-likeness (QED) is 0.728. The van der Waals surface area contributed by atoms with Crippen LogP contribution in [0.15, 0.2) is 24.3 Å². The van der Waals surface area contributed by atoms with Gasteiger partial charge in [-0.05, 0) is 50.5 Å². The molecule has 3 N–H and O–H groups in total. The highest BCUT2D eigenvalue weighted by atomic mass is 32.1. The van der Waals surface area contributed by atoms with E-state index in [2.05, 4.69) is 51.6 Å². The molecule has 1 saturated heterocycles. The van der Waals surface area contributed by atoms with Crippen molar-refractivity contribution in [3.05, 3.63) is 46.0 Å². The summed E-state index contributed by atoms with van der Waals surface area (Å²) >= 11 is 1.31. The summed E-state index contributed by atoms with van der Waals surface area (Å²) in [5.74, 6) is -0.122. The Balaban J connectivity index is 1.51. The summed E-state index contributed by atoms with van der Waals surface area (Å²) < 4.78 is 0. The van der Waals surface area contributed by atoms with Gasteiger partial charge in [0.2, 0.25) is 0 Å². The second-order valence-corrected chi connectivity index (χ2v) is 8.18. The summed E-state index contributed by atoms with van der Waals surface area (Å²) in [5.41, 5.74) is 11.1. The molecule has 140 valence electrons. The highest BCUT2D eigenvalue weighted by Crippen LogP contribution is 2.35. The fourth-order valence-electron chi connectivity index (χ4n) is 3.60. The van der Waals surface area contributed by atoms with Gasteiger partial charge < -0.3 is 16.0 Å². The zero-order valence-corrected chi connectivity index (χ0v) is 16.6. The Labute approximate surface area is 162 Å². The SMILES string of the molecule is Cc1cccc(N2CCC(NC(=O)c3sc4nnc(C)c(C)c4c3N)C2)c1. The lowest BCUT2D eigenvalue weighted by Crippen LogP contribution is -2.37. The summed E-state index contributed by atoms with van der Waals surface area (Å²) in [6, 6.07) is 8.56. The number of rotatable bonds is 3. The smallest absolute Gasteiger partial charge is 0.263 e. The van der Waals surface area contributed by atoms with Gasteiger partial charge in [-0.25, -0.2) is 0 Å². The number of nitrogen functional groups attached to an aromatic ring is 1. The number of hydrogen-bond acceptors (Lipinski definition) is 6. The molecule has 0 bridgehead atoms. The Morgan fingerprint density at radius 2 is 2.11 bits per heavy atom. The molecule has 2 aromatic heterocycles. The van der Waals surface area contributed by atoms with Crippen LogP contribution in [0.3, 0.4) is 0 Å². The largest absolute Gasteiger partial charge is 0.397 e. The van der Waals surface area contributed by atoms with Gasteiger partial charge in [0.1, 0.15) is 9.71 Å². The fourth-order valence-corrected chi connectivity index (χ4v) is 4.60. The number of amides is 1. The zero-order chi connectivity index (χ0) is 19.1. The molecule has 0 radical (unpaired) electrons. The highest BCUT2D eigenvalue weighted by Gasteiger charge is 2.27. The minimum absolute atomic E-state index is 0.108. The molecule has 0 spiro atoms. The molecule has 3 aromatic rings. The first-order valence-electron chi connectivity index (χ1n) is 9.08. The van der Waals surface area contributed by atoms with E-state index in [0.717, 1.165) is 36.2 Å². The molecule has 1 aromatic carbocycles. The Bertz CT molecular complexity index is 1030. The number of fused-ring (bicyclic) bond motifs is 1. The summed E-state index contributed by atoms with van der Waals surface area (Å²) in [5, 5.41) is 12.3. The molecule has 1 atom stereocenters. The molecular weight excluding hydrogens is 358 g/mol. The first kappa shape index (κ1) is 17.7. The van der Waals surface area contributed by atoms with Crippen LogP contribution in [0.5, 0.6) is 0 Å². The second kappa shape index (κ2) is 6.81. The van der Waals surface area contributed by atoms with Crippen LogP contribution in [0.4, 0.5) is 11.4 Å². The number of nitrogens with one attached hydrogen (secondary N) is 1. The first-order chi connectivity index (χ1) is 12.9. The van der Waals surface area contributed by atoms with Crippen molar-refractivity contribution < 1.29 is 4.79 Å². The Kier molecular flexibility index (Phi) is 4.47. The van der Waals surface area contributed by atoms with Gasteiger partial charge in [0, 0.05) is 30.2 Å². The van der Waals surface area contributed by atoms with Gasteiger partial charge >= 0.3 is 0 Å². The third-order valence-electron chi connectivity index (χ3n) is 5.23. The lowest BCUT2D eigenvalue weighted by molar-refractivity contribution is 0.0945. The van der Waals surface area contributed by atoms with E-state index in [9.17, 15) is 4.79 Å². The number of carbonyl (C=O) groups is 1. The van der Waals surface area contributed by atoms with E-state index in [0.29, 0.717) is 15.4 Å². The normalized spacial score (nSPS) is 16.9. The lowest BCUT2D eigenvalue weighted by atomic mass is 10.1. The molecular formula is C20H23N5OS. The van der Waals surface area contributed by atoms with Gasteiger partial charge in [-0.3, -0.25) is 4.79 Å². The van der Waals surface area contributed by atoms with Gasteiger partial charge in [0.25, 0.3) is 5.91 Å². The van der Waals surface area contributed by atoms with Crippen molar-refractivity contribution in [2.45, 2.75) is 33.2 Å². The molecule has 7 heteroatoms. The summed E-state index contributed by atoms with van der Waals surface area (Å²) in [7, 11) is 0. The third kappa shape index (κ3) is 3.23. The number of aryl methyl sites for hydroxylation is 3. The number of thiophene rings is 1. The van der Waals surface area contributed by atoms with E-state index in [4.69, 9.17) is 5.73 Å². The van der Waals surface area contributed by atoms with Gasteiger partial charge in [-0.2, -0.15) is 5.10 Å². The number of benzene rings is 1. The van der Waals surface area contributed by atoms with Crippen molar-refractivity contribution >= 4 is 38.8 Å². The van der Waals surface area contributed by atoms with Crippen LogP contribution in [-0.4, -0.2) is 35.2 Å². The number of nitrogens with zero attached hydrogens (tertiary/aromatic N) is 3. The van der Waals surface area contributed by atoms with Gasteiger partial charge in [0.05, 0.1) is 11.4 Å². The minimum Gasteiger partial charge on any atom is -0.397 e. The van der Waals surface area contributed by atoms with Crippen LogP contribution in [-0.2, 0) is 0 Å². The maximum atomic E-state index is 12.8. The van der Waals surface area contributed by atoms with Gasteiger partial charge in [-0.15, -0.1) is 16.4 Å². The van der Waals surface area contributed by atoms with Crippen molar-refractivity contribution in [1.82, 2.24) is 15.5 Å². The average molecular weight is 382 g/mol. The molecule has 1 aliphatic rings. The molecule has 3 heterocycles. The third-order valence-corrected chi connectivity index (χ3v) is 6.32. The molecule has 4 rings (SSSR count). The van der Waals surface area contributed by atoms with Crippen LogP contribution < -0.4 is 16.0 Å². The van der Waals surface area contributed by atoms with E-state index in [1.54, 1.807) is 0 Å². The van der Waals surface area contributed by atoms with Crippen LogP contribution >= 0.6 is 11.3 Å². The number of hydrogen-bond donors (Lipinski definition) is 2. The van der Waals surface area contributed by atoms with Crippen molar-refractivity contribution in [1.29, 1.82) is 0 Å². The Morgan fingerprint density at radius 1 is 1.30 bits per heavy atom. The van der Waals surface area contributed by atoms with Crippen molar-refractivity contribution in [3.8, 4) is 0 Å². The maximum absolute atomic E-state index is 12.8. The Morgan fingerprint density at radius 3 is 2.89 bits per heavy atom. The van der Waals surface area contributed by atoms with E-state index in [1.807, 2.05) is 13.8 Å². The predicted molar refractivity (Wildman–Crippen MR) is 111 cm³/mol. The molecule has 27 heavy (non-hydrogen) atoms. The van der Waals surface area contributed by atoms with Crippen molar-refractivity contribution in [3.63, 3.8) is 0 Å². The van der Waals surface area contributed by atoms with E-state index in [-0.39, 0.29) is 11.9 Å². The molecule has 1 aliphatic heterocycles. The number of anilines is 2. The maximum Gasteiger partial charge on any atom is 0.263 e. The van der Waals surface area contributed by atoms with Crippen molar-refractivity contribution in [2.24, 2.45) is 0 Å². The van der Waals surface area contributed by atoms with Crippen LogP contribution in [0, 0.1) is 20.8 Å². The number of nitrogens with two attached hydrogens (primary N) is 1. The number of carbonyl (C=O) groups excluding carboxylic acids is 1. The van der Waals surface area contributed by atoms with E-state index < -0.39 is 0 Å². The second-order valence-electron chi connectivity index (χ2n) is 7.18. The molecule has 1 unspecified atom stereocenters. The minimum atomic E-state index is -0.122.